The van der Waals surface area contributed by atoms with Crippen molar-refractivity contribution in [2.45, 2.75) is 0 Å². The molecule has 0 saturated carbocycles. The fourth-order valence-electron chi connectivity index (χ4n) is 0.267. The predicted octanol–water partition coefficient (Wildman–Crippen LogP) is 0.878. The summed E-state index contributed by atoms with van der Waals surface area (Å²) in [7, 11) is 0. The summed E-state index contributed by atoms with van der Waals surface area (Å²) in [6.45, 7) is 0. The summed E-state index contributed by atoms with van der Waals surface area (Å²) in [5.74, 6) is 0.139. The summed E-state index contributed by atoms with van der Waals surface area (Å²) < 4.78 is 0.451. The van der Waals surface area contributed by atoms with Crippen LogP contribution in [0.1, 0.15) is 0 Å². The van der Waals surface area contributed by atoms with Gasteiger partial charge in [0.1, 0.15) is 0 Å². The van der Waals surface area contributed by atoms with Crippen LogP contribution >= 0.6 is 15.9 Å². The fraction of sp³-hybridized carbons (Fsp3) is 0. The molecule has 2 N–H and O–H groups in total. The van der Waals surface area contributed by atoms with E-state index in [1.165, 1.54) is 6.20 Å². The molecule has 1 rings (SSSR count). The number of aromatic hydroxyl groups is 1. The summed E-state index contributed by atoms with van der Waals surface area (Å²) in [5, 5.41) is 14.6. The van der Waals surface area contributed by atoms with E-state index < -0.39 is 0 Å². The highest BCUT2D eigenvalue weighted by Crippen LogP contribution is 2.17. The normalized spacial score (nSPS) is 9.29. The molecule has 1 aromatic rings. The van der Waals surface area contributed by atoms with E-state index in [0.717, 1.165) is 0 Å². The molecule has 3 nitrogen and oxygen atoms in total. The van der Waals surface area contributed by atoms with Gasteiger partial charge in [0.2, 0.25) is 0 Å². The Morgan fingerprint density at radius 1 is 1.86 bits per heavy atom. The lowest BCUT2D eigenvalue weighted by Gasteiger charge is -1.74. The summed E-state index contributed by atoms with van der Waals surface area (Å²) in [4.78, 5) is 0. The SMILES string of the molecule is Oc1c[nH]nc1Br. The van der Waals surface area contributed by atoms with Gasteiger partial charge in [-0.05, 0) is 15.9 Å². The van der Waals surface area contributed by atoms with Gasteiger partial charge in [0.15, 0.2) is 10.4 Å². The predicted molar refractivity (Wildman–Crippen MR) is 28.0 cm³/mol. The Labute approximate surface area is 48.5 Å². The van der Waals surface area contributed by atoms with Crippen molar-refractivity contribution in [2.75, 3.05) is 0 Å². The molecule has 1 heterocycles. The monoisotopic (exact) mass is 162 g/mol. The van der Waals surface area contributed by atoms with E-state index >= 15 is 0 Å². The van der Waals surface area contributed by atoms with Crippen molar-refractivity contribution >= 4 is 15.9 Å². The molecule has 0 aliphatic rings. The first-order chi connectivity index (χ1) is 3.30. The molecule has 7 heavy (non-hydrogen) atoms. The maximum Gasteiger partial charge on any atom is 0.169 e. The maximum absolute atomic E-state index is 8.62. The Bertz CT molecular complexity index is 145. The number of rotatable bonds is 0. The summed E-state index contributed by atoms with van der Waals surface area (Å²) in [6, 6.07) is 0. The van der Waals surface area contributed by atoms with Crippen LogP contribution in [0.5, 0.6) is 5.75 Å². The van der Waals surface area contributed by atoms with Gasteiger partial charge in [-0.25, -0.2) is 0 Å². The van der Waals surface area contributed by atoms with Crippen molar-refractivity contribution in [1.82, 2.24) is 10.2 Å². The van der Waals surface area contributed by atoms with Gasteiger partial charge in [0.25, 0.3) is 0 Å². The molecular weight excluding hydrogens is 160 g/mol. The second-order valence-electron chi connectivity index (χ2n) is 1.06. The van der Waals surface area contributed by atoms with Gasteiger partial charge >= 0.3 is 0 Å². The molecule has 0 spiro atoms. The molecule has 4 heteroatoms. The molecule has 0 aliphatic heterocycles. The molecule has 0 saturated heterocycles. The Morgan fingerprint density at radius 2 is 2.57 bits per heavy atom. The molecule has 38 valence electrons. The maximum atomic E-state index is 8.62. The van der Waals surface area contributed by atoms with Gasteiger partial charge in [-0.2, -0.15) is 5.10 Å². The lowest BCUT2D eigenvalue weighted by atomic mass is 10.7. The van der Waals surface area contributed by atoms with E-state index in [1.54, 1.807) is 0 Å². The Morgan fingerprint density at radius 3 is 2.71 bits per heavy atom. The smallest absolute Gasteiger partial charge is 0.169 e. The number of H-pyrrole nitrogens is 1. The highest BCUT2D eigenvalue weighted by atomic mass is 79.9. The van der Waals surface area contributed by atoms with Crippen LogP contribution in [-0.2, 0) is 0 Å². The molecule has 0 radical (unpaired) electrons. The van der Waals surface area contributed by atoms with Crippen LogP contribution < -0.4 is 0 Å². The van der Waals surface area contributed by atoms with E-state index in [9.17, 15) is 0 Å². The van der Waals surface area contributed by atoms with E-state index in [2.05, 4.69) is 26.1 Å². The summed E-state index contributed by atoms with van der Waals surface area (Å²) >= 11 is 2.97. The van der Waals surface area contributed by atoms with Crippen molar-refractivity contribution in [3.63, 3.8) is 0 Å². The van der Waals surface area contributed by atoms with Crippen molar-refractivity contribution in [2.24, 2.45) is 0 Å². The minimum absolute atomic E-state index is 0.139. The van der Waals surface area contributed by atoms with Crippen LogP contribution in [0.3, 0.4) is 0 Å². The topological polar surface area (TPSA) is 48.9 Å². The number of hydrogen-bond donors (Lipinski definition) is 2. The van der Waals surface area contributed by atoms with Crippen LogP contribution in [0, 0.1) is 0 Å². The molecule has 0 aromatic carbocycles. The average Bonchev–Trinajstić information content (AvgIpc) is 1.91. The van der Waals surface area contributed by atoms with Crippen molar-refractivity contribution < 1.29 is 5.11 Å². The van der Waals surface area contributed by atoms with Crippen LogP contribution in [0.2, 0.25) is 0 Å². The van der Waals surface area contributed by atoms with Gasteiger partial charge in [-0.15, -0.1) is 0 Å². The van der Waals surface area contributed by atoms with Gasteiger partial charge < -0.3 is 5.11 Å². The number of nitrogens with zero attached hydrogens (tertiary/aromatic N) is 1. The van der Waals surface area contributed by atoms with Crippen LogP contribution in [-0.4, -0.2) is 15.3 Å². The number of aromatic amines is 1. The van der Waals surface area contributed by atoms with E-state index in [4.69, 9.17) is 5.11 Å². The molecule has 0 amide bonds. The fourth-order valence-corrected chi connectivity index (χ4v) is 0.484. The number of hydrogen-bond acceptors (Lipinski definition) is 2. The second-order valence-corrected chi connectivity index (χ2v) is 1.81. The summed E-state index contributed by atoms with van der Waals surface area (Å²) in [5.41, 5.74) is 0. The third-order valence-electron chi connectivity index (χ3n) is 0.575. The van der Waals surface area contributed by atoms with Gasteiger partial charge in [-0.1, -0.05) is 0 Å². The number of aromatic nitrogens is 2. The van der Waals surface area contributed by atoms with Gasteiger partial charge in [-0.3, -0.25) is 5.10 Å². The summed E-state index contributed by atoms with van der Waals surface area (Å²) in [6.07, 6.45) is 1.39. The minimum Gasteiger partial charge on any atom is -0.504 e. The first-order valence-corrected chi connectivity index (χ1v) is 2.48. The van der Waals surface area contributed by atoms with Crippen LogP contribution in [0.4, 0.5) is 0 Å². The first-order valence-electron chi connectivity index (χ1n) is 1.69. The molecule has 0 fully saturated rings. The Hall–Kier alpha value is -0.510. The molecule has 0 unspecified atom stereocenters. The zero-order valence-corrected chi connectivity index (χ0v) is 4.94. The molecule has 0 bridgehead atoms. The first kappa shape index (κ1) is 4.64. The molecule has 1 aromatic heterocycles. The second kappa shape index (κ2) is 1.54. The van der Waals surface area contributed by atoms with E-state index in [0.29, 0.717) is 4.60 Å². The quantitative estimate of drug-likeness (QED) is 0.596. The van der Waals surface area contributed by atoms with Crippen LogP contribution in [0.15, 0.2) is 10.8 Å². The van der Waals surface area contributed by atoms with E-state index in [1.807, 2.05) is 0 Å². The largest absolute Gasteiger partial charge is 0.504 e. The van der Waals surface area contributed by atoms with E-state index in [-0.39, 0.29) is 5.75 Å². The Kier molecular flexibility index (Phi) is 1.02. The highest BCUT2D eigenvalue weighted by molar-refractivity contribution is 9.10. The standard InChI is InChI=1S/C3H3BrN2O/c4-3-2(7)1-5-6-3/h1,7H,(H,5,6). The third-order valence-corrected chi connectivity index (χ3v) is 1.16. The number of nitrogens with one attached hydrogen (secondary N) is 1. The van der Waals surface area contributed by atoms with Gasteiger partial charge in [0.05, 0.1) is 6.20 Å². The zero-order valence-electron chi connectivity index (χ0n) is 3.35. The molecule has 0 atom stereocenters. The molecular formula is C3H3BrN2O. The molecule has 0 aliphatic carbocycles. The third kappa shape index (κ3) is 0.742. The van der Waals surface area contributed by atoms with Crippen molar-refractivity contribution in [3.8, 4) is 5.75 Å². The number of halogens is 1. The minimum atomic E-state index is 0.139. The highest BCUT2D eigenvalue weighted by Gasteiger charge is 1.93. The lowest BCUT2D eigenvalue weighted by molar-refractivity contribution is 0.472. The van der Waals surface area contributed by atoms with Gasteiger partial charge in [0, 0.05) is 0 Å². The van der Waals surface area contributed by atoms with Crippen molar-refractivity contribution in [3.05, 3.63) is 10.8 Å². The lowest BCUT2D eigenvalue weighted by Crippen LogP contribution is -1.60. The van der Waals surface area contributed by atoms with Crippen molar-refractivity contribution in [1.29, 1.82) is 0 Å². The van der Waals surface area contributed by atoms with Crippen LogP contribution in [0.25, 0.3) is 0 Å². The Balaban J connectivity index is 3.12. The average molecular weight is 163 g/mol. The zero-order chi connectivity index (χ0) is 5.28.